The van der Waals surface area contributed by atoms with Gasteiger partial charge < -0.3 is 60.6 Å². The number of anilines is 4. The Hall–Kier alpha value is -15.8. The first-order valence-electron chi connectivity index (χ1n) is 50.1. The summed E-state index contributed by atoms with van der Waals surface area (Å²) < 4.78 is 49.9. The maximum absolute atomic E-state index is 14.6. The molecule has 2 atom stereocenters. The molecule has 36 nitrogen and oxygen atoms in total. The minimum Gasteiger partial charge on any atom is -0.371 e. The highest BCUT2D eigenvalue weighted by atomic mass is 32.1. The Bertz CT molecular complexity index is 7700. The van der Waals surface area contributed by atoms with Gasteiger partial charge in [0.25, 0.3) is 29.5 Å². The van der Waals surface area contributed by atoms with Gasteiger partial charge in [-0.1, -0.05) is 44.2 Å². The molecule has 40 heteroatoms. The molecule has 148 heavy (non-hydrogen) atoms. The summed E-state index contributed by atoms with van der Waals surface area (Å²) in [6.07, 6.45) is 22.1. The molecule has 7 aromatic carbocycles. The Morgan fingerprint density at radius 1 is 0.459 bits per heavy atom. The van der Waals surface area contributed by atoms with Crippen molar-refractivity contribution in [1.29, 1.82) is 0 Å². The Kier molecular flexibility index (Phi) is 30.7. The summed E-state index contributed by atoms with van der Waals surface area (Å²) in [6, 6.07) is 44.9. The van der Waals surface area contributed by atoms with Crippen molar-refractivity contribution in [2.24, 2.45) is 33.0 Å². The quantitative estimate of drug-likeness (QED) is 0.0318. The van der Waals surface area contributed by atoms with Crippen LogP contribution < -0.4 is 36.4 Å². The standard InChI is InChI=1S/C24H25FN6O.C23H24FN7O.C22H24N6OS.C20H25FN6O.C19H24N6O/c1-15-26-14-22(30(15)2)16-3-8-21-20(13-16)23(29-28-21)24(32)27-18-9-11-31(12-10-18)19-6-4-17(25)5-7-19;1-29-6-8-31(9-7-29)17-5-3-4-16(10-17)26-23(32)22-19-11-18(15-13-25-30(2)14-15)20(24)12-21(19)27-28-22;1-14-3-6-20(30-14)24-22(29)21-18-11-15(4-5-19(18)25-26-21)16-12-23-28(13-16)17-7-9-27(2)10-8-17;1-12(2)10-27-6-5-18(16(21)11-27)24-20(28)19-15-7-13(14-8-22-23-9-14)3-4-17(15)25-26-19;1-24-7-5-13(6-8-24)10-20-19(26)18-16-9-14(3-4-17(16)22-23-18)15-11-21-25(2)12-15/h3-8,13-14,18H,9-12H2,1-2H3,(H,27,32)(H,28,29);3-5,10-14H,6-9H2,1-2H3,(H,26,32)(H,27,28);3-6,11-13,17H,7-10H2,1-2H3,(H,24,29)(H,25,26);3-4,7-9,12,16,18H,5-6,10-11H2,1-2H3,(H,22,23)(H,24,28)(H,25,26);3-4,9,11-13H,5-8,10H2,1-2H3,(H,20,26)(H,22,23)/t;;;16-,18-;/m...0./s1. The number of amides is 5. The third-order valence-corrected chi connectivity index (χ3v) is 29.2. The van der Waals surface area contributed by atoms with Gasteiger partial charge in [-0.3, -0.25) is 68.6 Å². The van der Waals surface area contributed by atoms with Crippen molar-refractivity contribution < 1.29 is 37.1 Å². The fraction of sp³-hybridized carbons (Fsp3) is 0.343. The van der Waals surface area contributed by atoms with E-state index in [1.54, 1.807) is 70.7 Å². The number of carbonyl (C=O) groups excluding carboxylic acids is 5. The number of likely N-dealkylation sites (N-methyl/N-ethyl adjacent to an activating group) is 1. The Morgan fingerprint density at radius 3 is 1.55 bits per heavy atom. The molecule has 5 fully saturated rings. The topological polar surface area (TPSA) is 408 Å². The van der Waals surface area contributed by atoms with Gasteiger partial charge in [-0.15, -0.1) is 11.3 Å². The van der Waals surface area contributed by atoms with Crippen LogP contribution in [0.25, 0.3) is 110 Å². The van der Waals surface area contributed by atoms with Gasteiger partial charge >= 0.3 is 0 Å². The summed E-state index contributed by atoms with van der Waals surface area (Å²) in [5.41, 5.74) is 17.3. The van der Waals surface area contributed by atoms with Gasteiger partial charge in [0, 0.05) is 206 Å². The van der Waals surface area contributed by atoms with Crippen molar-refractivity contribution >= 4 is 117 Å². The molecule has 5 aliphatic rings. The zero-order chi connectivity index (χ0) is 103. The molecule has 0 aliphatic carbocycles. The van der Waals surface area contributed by atoms with Crippen LogP contribution >= 0.6 is 11.3 Å². The van der Waals surface area contributed by atoms with Crippen molar-refractivity contribution in [3.63, 3.8) is 0 Å². The lowest BCUT2D eigenvalue weighted by molar-refractivity contribution is 0.0747. The van der Waals surface area contributed by atoms with Gasteiger partial charge in [-0.05, 0) is 244 Å². The molecule has 5 amide bonds. The smallest absolute Gasteiger partial charge is 0.277 e. The van der Waals surface area contributed by atoms with E-state index in [9.17, 15) is 37.1 Å². The molecule has 0 saturated carbocycles. The summed E-state index contributed by atoms with van der Waals surface area (Å²) >= 11 is 1.55. The fourth-order valence-corrected chi connectivity index (χ4v) is 20.4. The summed E-state index contributed by atoms with van der Waals surface area (Å²) in [4.78, 5) is 83.5. The van der Waals surface area contributed by atoms with E-state index in [-0.39, 0.29) is 52.8 Å². The van der Waals surface area contributed by atoms with Crippen LogP contribution in [0.15, 0.2) is 201 Å². The molecule has 16 heterocycles. The average Bonchev–Trinajstić information content (AvgIpc) is 1.63. The van der Waals surface area contributed by atoms with Crippen LogP contribution in [0.4, 0.5) is 35.2 Å². The van der Waals surface area contributed by atoms with Crippen LogP contribution in [0.2, 0.25) is 0 Å². The van der Waals surface area contributed by atoms with Crippen molar-refractivity contribution in [3.8, 4) is 55.8 Å². The van der Waals surface area contributed by atoms with Crippen molar-refractivity contribution in [2.75, 3.05) is 133 Å². The number of hydrogen-bond donors (Lipinski definition) is 11. The normalized spacial score (nSPS) is 16.3. The maximum Gasteiger partial charge on any atom is 0.277 e. The second kappa shape index (κ2) is 45.1. The number of aryl methyl sites for hydroxylation is 4. The summed E-state index contributed by atoms with van der Waals surface area (Å²) in [5.74, 6) is 0.151. The number of H-pyrrole nitrogens is 6. The number of rotatable bonds is 21. The van der Waals surface area contributed by atoms with E-state index in [0.29, 0.717) is 87.6 Å². The first-order valence-corrected chi connectivity index (χ1v) is 50.9. The highest BCUT2D eigenvalue weighted by Gasteiger charge is 2.34. The van der Waals surface area contributed by atoms with Gasteiger partial charge in [0.1, 0.15) is 23.6 Å². The monoisotopic (exact) mass is 2020 g/mol. The third kappa shape index (κ3) is 23.6. The molecule has 5 aliphatic heterocycles. The number of piperidine rings is 4. The van der Waals surface area contributed by atoms with Crippen molar-refractivity contribution in [1.82, 2.24) is 136 Å². The predicted molar refractivity (Wildman–Crippen MR) is 571 cm³/mol. The third-order valence-electron chi connectivity index (χ3n) is 28.3. The Balaban J connectivity index is 0.000000117. The van der Waals surface area contributed by atoms with E-state index in [2.05, 4.69) is 183 Å². The van der Waals surface area contributed by atoms with E-state index < -0.39 is 18.0 Å². The number of benzene rings is 7. The zero-order valence-corrected chi connectivity index (χ0v) is 85.2. The van der Waals surface area contributed by atoms with E-state index >= 15 is 0 Å². The zero-order valence-electron chi connectivity index (χ0n) is 84.4. The molecule has 23 rings (SSSR count). The van der Waals surface area contributed by atoms with Gasteiger partial charge in [0.2, 0.25) is 0 Å². The summed E-state index contributed by atoms with van der Waals surface area (Å²) in [5, 5.41) is 74.8. The molecule has 5 saturated heterocycles. The molecule has 766 valence electrons. The number of thiophene rings is 1. The van der Waals surface area contributed by atoms with Crippen LogP contribution in [-0.4, -0.2) is 280 Å². The minimum atomic E-state index is -1.08. The van der Waals surface area contributed by atoms with Crippen LogP contribution in [0.5, 0.6) is 0 Å². The average molecular weight is 2020 g/mol. The van der Waals surface area contributed by atoms with Gasteiger partial charge in [0.05, 0.1) is 81.3 Å². The van der Waals surface area contributed by atoms with Crippen LogP contribution in [0, 0.1) is 37.3 Å². The maximum atomic E-state index is 14.6. The largest absolute Gasteiger partial charge is 0.371 e. The van der Waals surface area contributed by atoms with Crippen molar-refractivity contribution in [3.05, 3.63) is 252 Å². The molecule has 0 radical (unpaired) electrons. The summed E-state index contributed by atoms with van der Waals surface area (Å²) in [7, 11) is 12.1. The Labute approximate surface area is 856 Å². The van der Waals surface area contributed by atoms with E-state index in [1.807, 2.05) is 166 Å². The first kappa shape index (κ1) is 101. The number of aromatic amines is 6. The number of imidazole rings is 1. The second-order valence-electron chi connectivity index (χ2n) is 39.4. The molecule has 0 bridgehead atoms. The number of alkyl halides is 1. The number of piperazine rings is 1. The number of aromatic nitrogens is 20. The lowest BCUT2D eigenvalue weighted by Gasteiger charge is -2.35. The van der Waals surface area contributed by atoms with Crippen LogP contribution in [-0.2, 0) is 21.1 Å². The molecular formula is C108H122F3N31O5S. The molecule has 0 spiro atoms. The lowest BCUT2D eigenvalue weighted by Crippen LogP contribution is -2.53. The van der Waals surface area contributed by atoms with Crippen LogP contribution in [0.1, 0.15) is 128 Å². The van der Waals surface area contributed by atoms with Gasteiger partial charge in [-0.2, -0.15) is 45.9 Å². The van der Waals surface area contributed by atoms with E-state index in [1.165, 1.54) is 18.2 Å². The highest BCUT2D eigenvalue weighted by Crippen LogP contribution is 2.36. The fourth-order valence-electron chi connectivity index (χ4n) is 19.7. The number of halogens is 3. The van der Waals surface area contributed by atoms with E-state index in [4.69, 9.17) is 0 Å². The van der Waals surface area contributed by atoms with Gasteiger partial charge in [0.15, 0.2) is 28.5 Å². The second-order valence-corrected chi connectivity index (χ2v) is 40.7. The van der Waals surface area contributed by atoms with E-state index in [0.717, 1.165) is 227 Å². The molecular weight excluding hydrogens is 1900 g/mol. The Morgan fingerprint density at radius 2 is 0.986 bits per heavy atom. The molecule has 11 N–H and O–H groups in total. The molecule has 18 aromatic rings. The number of hydrogen-bond acceptors (Lipinski definition) is 22. The lowest BCUT2D eigenvalue weighted by atomic mass is 9.97. The minimum absolute atomic E-state index is 0.0776. The van der Waals surface area contributed by atoms with Gasteiger partial charge in [-0.25, -0.2) is 18.2 Å². The number of carbonyl (C=O) groups is 5. The number of likely N-dealkylation sites (tertiary alicyclic amines) is 3. The molecule has 11 aromatic heterocycles. The predicted octanol–water partition coefficient (Wildman–Crippen LogP) is 16.0. The molecule has 0 unspecified atom stereocenters. The number of nitrogens with zero attached hydrogens (tertiary/aromatic N) is 20. The van der Waals surface area contributed by atoms with Crippen molar-refractivity contribution in [2.45, 2.75) is 96.9 Å². The van der Waals surface area contributed by atoms with Crippen LogP contribution in [0.3, 0.4) is 0 Å². The summed E-state index contributed by atoms with van der Waals surface area (Å²) in [6.45, 7) is 20.9. The number of nitrogens with one attached hydrogen (secondary N) is 11. The SMILES string of the molecule is CC(C)CN1CC[C@H](NC(=O)c2n[nH]c3ccc(-c4cn[nH]c4)cc23)[C@@H](F)C1.CN1CCC(CNC(=O)c2n[nH]c3ccc(-c4cnn(C)c4)cc23)CC1.CN1CCN(c2cccc(NC(=O)c3n[nH]c4cc(F)c(-c5cnn(C)c5)cc34)c2)CC1.Cc1ccc(NC(=O)c2n[nH]c3ccc(-c4cnn(C5CCN(C)CC5)c4)cc23)s1.Cc1ncc(-c2ccc3[nH]nc(C(=O)NC4CCN(c5ccc(F)cc5)CC4)c3c2)n1C. The number of fused-ring (bicyclic) bond motifs is 5. The highest BCUT2D eigenvalue weighted by molar-refractivity contribution is 7.16. The first-order chi connectivity index (χ1) is 71.6.